The van der Waals surface area contributed by atoms with E-state index in [0.29, 0.717) is 10.8 Å². The standard InChI is InChI=1S/C27H34N2/c1-2-23-24(9-22(1)26-10-16-3-17(11-26)5-18(4-16)12-26)29-25(28-23)27-13-19-6-20(14-27)8-21(7-19)15-27/h1-2,9,16-21H,3-8,10-15H2,(H,28,29). The first kappa shape index (κ1) is 16.4. The summed E-state index contributed by atoms with van der Waals surface area (Å²) in [5.41, 5.74) is 5.07. The Morgan fingerprint density at radius 3 is 1.66 bits per heavy atom. The minimum atomic E-state index is 0.384. The fourth-order valence-corrected chi connectivity index (χ4v) is 10.5. The Morgan fingerprint density at radius 2 is 1.14 bits per heavy atom. The highest BCUT2D eigenvalue weighted by Crippen LogP contribution is 2.62. The average Bonchev–Trinajstić information content (AvgIpc) is 3.10. The van der Waals surface area contributed by atoms with E-state index in [1.54, 1.807) is 5.56 Å². The first-order chi connectivity index (χ1) is 14.1. The number of nitrogens with zero attached hydrogens (tertiary/aromatic N) is 1. The maximum Gasteiger partial charge on any atom is 0.113 e. The Bertz CT molecular complexity index is 885. The minimum Gasteiger partial charge on any atom is -0.342 e. The van der Waals surface area contributed by atoms with Crippen LogP contribution in [0.1, 0.15) is 88.4 Å². The van der Waals surface area contributed by atoms with Crippen molar-refractivity contribution in [1.29, 1.82) is 0 Å². The predicted molar refractivity (Wildman–Crippen MR) is 116 cm³/mol. The van der Waals surface area contributed by atoms with Gasteiger partial charge < -0.3 is 4.98 Å². The highest BCUT2D eigenvalue weighted by atomic mass is 14.9. The van der Waals surface area contributed by atoms with E-state index >= 15 is 0 Å². The van der Waals surface area contributed by atoms with Crippen molar-refractivity contribution in [3.05, 3.63) is 29.6 Å². The molecule has 8 bridgehead atoms. The summed E-state index contributed by atoms with van der Waals surface area (Å²) in [4.78, 5) is 9.18. The molecular formula is C27H34N2. The first-order valence-electron chi connectivity index (χ1n) is 12.7. The second-order valence-corrected chi connectivity index (χ2v) is 12.7. The third-order valence-electron chi connectivity index (χ3n) is 10.7. The van der Waals surface area contributed by atoms with Gasteiger partial charge in [0, 0.05) is 5.41 Å². The van der Waals surface area contributed by atoms with Crippen LogP contribution in [0.4, 0.5) is 0 Å². The zero-order chi connectivity index (χ0) is 18.8. The maximum absolute atomic E-state index is 5.34. The number of aromatic nitrogens is 2. The van der Waals surface area contributed by atoms with Crippen molar-refractivity contribution >= 4 is 11.0 Å². The Balaban J connectivity index is 1.19. The van der Waals surface area contributed by atoms with Crippen molar-refractivity contribution in [3.8, 4) is 0 Å². The summed E-state index contributed by atoms with van der Waals surface area (Å²) in [6.07, 6.45) is 17.7. The summed E-state index contributed by atoms with van der Waals surface area (Å²) >= 11 is 0. The van der Waals surface area contributed by atoms with E-state index in [-0.39, 0.29) is 0 Å². The Labute approximate surface area is 174 Å². The molecule has 0 atom stereocenters. The lowest BCUT2D eigenvalue weighted by Crippen LogP contribution is -2.49. The van der Waals surface area contributed by atoms with Crippen LogP contribution in [0.5, 0.6) is 0 Å². The van der Waals surface area contributed by atoms with Crippen LogP contribution in [-0.4, -0.2) is 9.97 Å². The summed E-state index contributed by atoms with van der Waals surface area (Å²) < 4.78 is 0. The van der Waals surface area contributed by atoms with E-state index in [2.05, 4.69) is 23.2 Å². The molecule has 1 N–H and O–H groups in total. The molecule has 8 fully saturated rings. The van der Waals surface area contributed by atoms with E-state index in [9.17, 15) is 0 Å². The molecule has 29 heavy (non-hydrogen) atoms. The normalized spacial score (nSPS) is 49.4. The first-order valence-corrected chi connectivity index (χ1v) is 12.7. The van der Waals surface area contributed by atoms with Gasteiger partial charge in [-0.25, -0.2) is 4.98 Å². The molecule has 0 spiro atoms. The van der Waals surface area contributed by atoms with Gasteiger partial charge in [-0.2, -0.15) is 0 Å². The number of rotatable bonds is 2. The molecule has 1 aromatic heterocycles. The van der Waals surface area contributed by atoms with Crippen LogP contribution in [-0.2, 0) is 10.8 Å². The number of fused-ring (bicyclic) bond motifs is 1. The molecule has 0 amide bonds. The molecule has 2 aromatic rings. The summed E-state index contributed by atoms with van der Waals surface area (Å²) in [5.74, 6) is 7.34. The molecule has 0 radical (unpaired) electrons. The fraction of sp³-hybridized carbons (Fsp3) is 0.741. The highest BCUT2D eigenvalue weighted by molar-refractivity contribution is 5.76. The molecule has 10 rings (SSSR count). The Kier molecular flexibility index (Phi) is 2.99. The fourth-order valence-electron chi connectivity index (χ4n) is 10.5. The van der Waals surface area contributed by atoms with Crippen LogP contribution in [0.2, 0.25) is 0 Å². The van der Waals surface area contributed by atoms with Crippen molar-refractivity contribution in [1.82, 2.24) is 9.97 Å². The van der Waals surface area contributed by atoms with Crippen molar-refractivity contribution in [2.75, 3.05) is 0 Å². The largest absolute Gasteiger partial charge is 0.342 e. The van der Waals surface area contributed by atoms with Gasteiger partial charge in [-0.15, -0.1) is 0 Å². The number of hydrogen-bond donors (Lipinski definition) is 1. The highest BCUT2D eigenvalue weighted by Gasteiger charge is 2.54. The molecule has 1 heterocycles. The minimum absolute atomic E-state index is 0.384. The van der Waals surface area contributed by atoms with Gasteiger partial charge in [0.25, 0.3) is 0 Å². The van der Waals surface area contributed by atoms with Crippen LogP contribution in [0, 0.1) is 35.5 Å². The van der Waals surface area contributed by atoms with Crippen molar-refractivity contribution in [3.63, 3.8) is 0 Å². The third kappa shape index (κ3) is 2.22. The van der Waals surface area contributed by atoms with Gasteiger partial charge in [0.2, 0.25) is 0 Å². The van der Waals surface area contributed by atoms with Gasteiger partial charge in [-0.3, -0.25) is 0 Å². The number of imidazole rings is 1. The van der Waals surface area contributed by atoms with Gasteiger partial charge in [-0.05, 0) is 136 Å². The van der Waals surface area contributed by atoms with Crippen LogP contribution in [0.15, 0.2) is 18.2 Å². The Morgan fingerprint density at radius 1 is 0.655 bits per heavy atom. The monoisotopic (exact) mass is 386 g/mol. The number of nitrogens with one attached hydrogen (secondary N) is 1. The molecule has 2 nitrogen and oxygen atoms in total. The summed E-state index contributed by atoms with van der Waals surface area (Å²) in [6.45, 7) is 0. The quantitative estimate of drug-likeness (QED) is 0.627. The van der Waals surface area contributed by atoms with Crippen molar-refractivity contribution in [2.24, 2.45) is 35.5 Å². The van der Waals surface area contributed by atoms with E-state index in [4.69, 9.17) is 4.98 Å². The second-order valence-electron chi connectivity index (χ2n) is 12.7. The summed E-state index contributed by atoms with van der Waals surface area (Å²) in [6, 6.07) is 7.39. The molecule has 8 aliphatic carbocycles. The third-order valence-corrected chi connectivity index (χ3v) is 10.7. The van der Waals surface area contributed by atoms with E-state index < -0.39 is 0 Å². The molecular weight excluding hydrogens is 352 g/mol. The lowest BCUT2D eigenvalue weighted by atomic mass is 9.48. The van der Waals surface area contributed by atoms with Crippen molar-refractivity contribution in [2.45, 2.75) is 87.9 Å². The molecule has 0 aliphatic heterocycles. The molecule has 0 saturated heterocycles. The number of aromatic amines is 1. The maximum atomic E-state index is 5.34. The molecule has 152 valence electrons. The van der Waals surface area contributed by atoms with E-state index in [1.165, 1.54) is 93.9 Å². The van der Waals surface area contributed by atoms with Gasteiger partial charge in [0.15, 0.2) is 0 Å². The number of benzene rings is 1. The molecule has 2 heteroatoms. The van der Waals surface area contributed by atoms with E-state index in [0.717, 1.165) is 35.5 Å². The lowest BCUT2D eigenvalue weighted by Gasteiger charge is -2.57. The lowest BCUT2D eigenvalue weighted by molar-refractivity contribution is -0.00887. The zero-order valence-electron chi connectivity index (χ0n) is 17.6. The van der Waals surface area contributed by atoms with Crippen LogP contribution < -0.4 is 0 Å². The molecule has 1 aromatic carbocycles. The molecule has 8 aliphatic rings. The SMILES string of the molecule is c1cc2[nH]c(C34CC5CC(CC(C5)C3)C4)nc2cc1C12CC3CC(CC(C3)C1)C2. The van der Waals surface area contributed by atoms with Gasteiger partial charge >= 0.3 is 0 Å². The topological polar surface area (TPSA) is 28.7 Å². The van der Waals surface area contributed by atoms with Crippen LogP contribution >= 0.6 is 0 Å². The molecule has 8 saturated carbocycles. The zero-order valence-corrected chi connectivity index (χ0v) is 17.6. The second kappa shape index (κ2) is 5.29. The summed E-state index contributed by atoms with van der Waals surface area (Å²) in [5, 5.41) is 0. The van der Waals surface area contributed by atoms with Crippen LogP contribution in [0.3, 0.4) is 0 Å². The Hall–Kier alpha value is -1.31. The van der Waals surface area contributed by atoms with Gasteiger partial charge in [0.05, 0.1) is 11.0 Å². The van der Waals surface area contributed by atoms with Gasteiger partial charge in [0.1, 0.15) is 5.82 Å². The molecule has 0 unspecified atom stereocenters. The van der Waals surface area contributed by atoms with Crippen LogP contribution in [0.25, 0.3) is 11.0 Å². The number of hydrogen-bond acceptors (Lipinski definition) is 1. The van der Waals surface area contributed by atoms with E-state index in [1.807, 2.05) is 0 Å². The predicted octanol–water partition coefficient (Wildman–Crippen LogP) is 6.50. The number of H-pyrrole nitrogens is 1. The van der Waals surface area contributed by atoms with Gasteiger partial charge in [-0.1, -0.05) is 6.07 Å². The van der Waals surface area contributed by atoms with Crippen molar-refractivity contribution < 1.29 is 0 Å². The smallest absolute Gasteiger partial charge is 0.113 e. The average molecular weight is 387 g/mol. The summed E-state index contributed by atoms with van der Waals surface area (Å²) in [7, 11) is 0.